The molecule has 0 aromatic carbocycles. The summed E-state index contributed by atoms with van der Waals surface area (Å²) < 4.78 is 13.4. The van der Waals surface area contributed by atoms with E-state index >= 15 is 0 Å². The third kappa shape index (κ3) is 7.08. The molecule has 0 fully saturated rings. The lowest BCUT2D eigenvalue weighted by Crippen LogP contribution is -2.52. The maximum atomic E-state index is 10.9. The number of rotatable bonds is 11. The van der Waals surface area contributed by atoms with E-state index in [1.807, 2.05) is 13.0 Å². The fraction of sp³-hybridized carbons (Fsp3) is 0.913. The molecular weight excluding hydrogens is 380 g/mol. The zero-order valence-electron chi connectivity index (χ0n) is 21.0. The summed E-state index contributed by atoms with van der Waals surface area (Å²) in [4.78, 5) is 0. The first-order chi connectivity index (χ1) is 12.4. The molecule has 28 heavy (non-hydrogen) atoms. The molecule has 1 unspecified atom stereocenters. The van der Waals surface area contributed by atoms with Crippen molar-refractivity contribution in [2.24, 2.45) is 5.41 Å². The first-order valence-corrected chi connectivity index (χ1v) is 16.8. The van der Waals surface area contributed by atoms with E-state index < -0.39 is 22.7 Å². The van der Waals surface area contributed by atoms with Crippen molar-refractivity contribution in [3.8, 4) is 0 Å². The molecule has 3 nitrogen and oxygen atoms in total. The predicted octanol–water partition coefficient (Wildman–Crippen LogP) is 7.14. The molecule has 0 aliphatic rings. The second-order valence-electron chi connectivity index (χ2n) is 11.7. The molecule has 0 radical (unpaired) electrons. The van der Waals surface area contributed by atoms with Crippen LogP contribution in [0, 0.1) is 5.41 Å². The van der Waals surface area contributed by atoms with Gasteiger partial charge in [-0.3, -0.25) is 0 Å². The van der Waals surface area contributed by atoms with Crippen LogP contribution in [0.1, 0.15) is 74.7 Å². The highest BCUT2D eigenvalue weighted by Gasteiger charge is 2.46. The Morgan fingerprint density at radius 1 is 0.929 bits per heavy atom. The first-order valence-electron chi connectivity index (χ1n) is 11.0. The minimum absolute atomic E-state index is 0.0499. The Kier molecular flexibility index (Phi) is 9.93. The second kappa shape index (κ2) is 9.91. The van der Waals surface area contributed by atoms with Crippen LogP contribution < -0.4 is 0 Å². The molecule has 0 amide bonds. The lowest BCUT2D eigenvalue weighted by Gasteiger charge is -2.47. The highest BCUT2D eigenvalue weighted by atomic mass is 28.4. The topological polar surface area (TPSA) is 38.7 Å². The van der Waals surface area contributed by atoms with Gasteiger partial charge in [0.1, 0.15) is 0 Å². The quantitative estimate of drug-likeness (QED) is 0.279. The lowest BCUT2D eigenvalue weighted by molar-refractivity contribution is -0.0595. The van der Waals surface area contributed by atoms with Crippen LogP contribution >= 0.6 is 0 Å². The van der Waals surface area contributed by atoms with E-state index in [2.05, 4.69) is 81.2 Å². The van der Waals surface area contributed by atoms with Gasteiger partial charge in [0.25, 0.3) is 0 Å². The molecule has 1 N–H and O–H groups in total. The summed E-state index contributed by atoms with van der Waals surface area (Å²) in [5, 5.41) is 11.2. The largest absolute Gasteiger partial charge is 0.417 e. The number of allylic oxidation sites excluding steroid dienone is 1. The number of hydrogen-bond donors (Lipinski definition) is 1. The van der Waals surface area contributed by atoms with E-state index in [1.165, 1.54) is 0 Å². The molecule has 0 bridgehead atoms. The zero-order valence-corrected chi connectivity index (χ0v) is 23.0. The van der Waals surface area contributed by atoms with Crippen LogP contribution in [0.15, 0.2) is 12.7 Å². The highest BCUT2D eigenvalue weighted by Crippen LogP contribution is 2.44. The van der Waals surface area contributed by atoms with Gasteiger partial charge in [0.15, 0.2) is 16.6 Å². The number of aliphatic hydroxyl groups excluding tert-OH is 1. The van der Waals surface area contributed by atoms with E-state index in [1.54, 1.807) is 0 Å². The van der Waals surface area contributed by atoms with Crippen LogP contribution in [0.4, 0.5) is 0 Å². The van der Waals surface area contributed by atoms with Crippen molar-refractivity contribution in [1.82, 2.24) is 0 Å². The van der Waals surface area contributed by atoms with E-state index in [4.69, 9.17) is 8.85 Å². The molecule has 3 atom stereocenters. The summed E-state index contributed by atoms with van der Waals surface area (Å²) in [5.41, 5.74) is -0.358. The third-order valence-corrected chi connectivity index (χ3v) is 16.4. The van der Waals surface area contributed by atoms with Crippen LogP contribution in [0.3, 0.4) is 0 Å². The summed E-state index contributed by atoms with van der Waals surface area (Å²) in [6.07, 6.45) is 3.71. The van der Waals surface area contributed by atoms with Crippen LogP contribution in [-0.4, -0.2) is 40.6 Å². The van der Waals surface area contributed by atoms with Crippen LogP contribution in [0.25, 0.3) is 0 Å². The van der Waals surface area contributed by atoms with Crippen LogP contribution in [0.5, 0.6) is 0 Å². The zero-order chi connectivity index (χ0) is 22.6. The Balaban J connectivity index is 5.71. The van der Waals surface area contributed by atoms with Crippen molar-refractivity contribution in [2.45, 2.75) is 123 Å². The Morgan fingerprint density at radius 2 is 1.39 bits per heavy atom. The Morgan fingerprint density at radius 3 is 1.75 bits per heavy atom. The van der Waals surface area contributed by atoms with Gasteiger partial charge in [-0.2, -0.15) is 0 Å². The molecule has 0 saturated heterocycles. The standard InChI is InChI=1S/C23H50O3Si2/c1-14-17-23(9,19(24)15-2)20(26-28(12,13)22(6,7)8)16-18-25-27(10,11)21(3,4)5/h14,19-20,24H,1,15-18H2,2-13H3/t19?,20-,23-/m0/s1. The fourth-order valence-corrected chi connectivity index (χ4v) is 5.47. The van der Waals surface area contributed by atoms with Crippen LogP contribution in [0.2, 0.25) is 36.3 Å². The van der Waals surface area contributed by atoms with Gasteiger partial charge < -0.3 is 14.0 Å². The van der Waals surface area contributed by atoms with Crippen LogP contribution in [-0.2, 0) is 8.85 Å². The summed E-state index contributed by atoms with van der Waals surface area (Å²) in [7, 11) is -3.79. The van der Waals surface area contributed by atoms with Crippen molar-refractivity contribution in [2.75, 3.05) is 6.61 Å². The highest BCUT2D eigenvalue weighted by molar-refractivity contribution is 6.74. The lowest BCUT2D eigenvalue weighted by atomic mass is 9.74. The van der Waals surface area contributed by atoms with Gasteiger partial charge in [-0.1, -0.05) is 61.5 Å². The molecule has 0 aromatic heterocycles. The minimum Gasteiger partial charge on any atom is -0.417 e. The molecule has 5 heteroatoms. The summed E-state index contributed by atoms with van der Waals surface area (Å²) in [6, 6.07) is 0. The monoisotopic (exact) mass is 430 g/mol. The van der Waals surface area contributed by atoms with Gasteiger partial charge in [0, 0.05) is 12.0 Å². The molecule has 0 aliphatic heterocycles. The van der Waals surface area contributed by atoms with Crippen molar-refractivity contribution in [3.05, 3.63) is 12.7 Å². The first kappa shape index (κ1) is 28.1. The minimum atomic E-state index is -1.99. The Bertz CT molecular complexity index is 489. The second-order valence-corrected chi connectivity index (χ2v) is 21.3. The summed E-state index contributed by atoms with van der Waals surface area (Å²) in [5.74, 6) is 0. The van der Waals surface area contributed by atoms with Gasteiger partial charge in [0.05, 0.1) is 12.2 Å². The van der Waals surface area contributed by atoms with Crippen molar-refractivity contribution >= 4 is 16.6 Å². The Labute approximate surface area is 178 Å². The molecule has 0 spiro atoms. The molecule has 0 heterocycles. The maximum absolute atomic E-state index is 10.9. The fourth-order valence-electron chi connectivity index (χ4n) is 2.95. The molecule has 0 aliphatic carbocycles. The summed E-state index contributed by atoms with van der Waals surface area (Å²) in [6.45, 7) is 31.6. The average Bonchev–Trinajstić information content (AvgIpc) is 2.50. The third-order valence-electron chi connectivity index (χ3n) is 7.36. The van der Waals surface area contributed by atoms with Gasteiger partial charge in [-0.15, -0.1) is 6.58 Å². The van der Waals surface area contributed by atoms with E-state index in [9.17, 15) is 5.11 Å². The van der Waals surface area contributed by atoms with Crippen molar-refractivity contribution in [3.63, 3.8) is 0 Å². The normalized spacial score (nSPS) is 18.5. The van der Waals surface area contributed by atoms with E-state index in [0.717, 1.165) is 12.8 Å². The maximum Gasteiger partial charge on any atom is 0.192 e. The number of hydrogen-bond acceptors (Lipinski definition) is 3. The van der Waals surface area contributed by atoms with Gasteiger partial charge in [-0.05, 0) is 55.5 Å². The van der Waals surface area contributed by atoms with Crippen molar-refractivity contribution in [1.29, 1.82) is 0 Å². The van der Waals surface area contributed by atoms with Gasteiger partial charge in [-0.25, -0.2) is 0 Å². The van der Waals surface area contributed by atoms with Gasteiger partial charge >= 0.3 is 0 Å². The van der Waals surface area contributed by atoms with E-state index in [-0.39, 0.29) is 21.6 Å². The SMILES string of the molecule is C=CC[C@@](C)(C(O)CC)[C@H](CCO[Si](C)(C)C(C)(C)C)O[Si](C)(C)C(C)(C)C. The molecule has 168 valence electrons. The predicted molar refractivity (Wildman–Crippen MR) is 129 cm³/mol. The van der Waals surface area contributed by atoms with E-state index in [0.29, 0.717) is 13.0 Å². The molecule has 0 aromatic rings. The molecule has 0 rings (SSSR count). The smallest absolute Gasteiger partial charge is 0.192 e. The van der Waals surface area contributed by atoms with Crippen molar-refractivity contribution < 1.29 is 14.0 Å². The molecule has 0 saturated carbocycles. The molecular formula is C23H50O3Si2. The number of aliphatic hydroxyl groups is 1. The average molecular weight is 431 g/mol. The Hall–Kier alpha value is 0.0538. The summed E-state index contributed by atoms with van der Waals surface area (Å²) >= 11 is 0. The van der Waals surface area contributed by atoms with Gasteiger partial charge in [0.2, 0.25) is 0 Å².